The first-order chi connectivity index (χ1) is 18.2. The Labute approximate surface area is 227 Å². The number of allylic oxidation sites excluding steroid dienone is 1. The van der Waals surface area contributed by atoms with Crippen molar-refractivity contribution in [3.05, 3.63) is 40.8 Å². The minimum absolute atomic E-state index is 0.0615. The molecule has 12 nitrogen and oxygen atoms in total. The summed E-state index contributed by atoms with van der Waals surface area (Å²) in [5.41, 5.74) is 6.49. The minimum Gasteiger partial charge on any atom is -0.493 e. The standard InChI is InChI=1S/C24H27N5O7S2/c1-7-8-29-21(13-9-14(33-3)18(35-5)15(10-13)34-4)27-28-24(29)37-11-16(30)26-22-17(23(32)36-6)12(2)19(38-22)20(25)31/h7,9-10H,1,8,11H2,2-6H3,(H2,25,31)(H,26,30). The maximum Gasteiger partial charge on any atom is 0.341 e. The molecule has 3 rings (SSSR count). The molecule has 0 atom stereocenters. The molecule has 0 bridgehead atoms. The fourth-order valence-corrected chi connectivity index (χ4v) is 5.40. The maximum absolute atomic E-state index is 12.8. The van der Waals surface area contributed by atoms with Crippen LogP contribution in [0, 0.1) is 6.92 Å². The van der Waals surface area contributed by atoms with Crippen molar-refractivity contribution in [1.82, 2.24) is 14.8 Å². The second kappa shape index (κ2) is 12.5. The summed E-state index contributed by atoms with van der Waals surface area (Å²) in [6.45, 7) is 5.73. The van der Waals surface area contributed by atoms with Gasteiger partial charge in [-0.05, 0) is 24.6 Å². The molecule has 0 radical (unpaired) electrons. The Kier molecular flexibility index (Phi) is 9.36. The number of hydrogen-bond acceptors (Lipinski definition) is 11. The number of benzene rings is 1. The van der Waals surface area contributed by atoms with Gasteiger partial charge in [0.1, 0.15) is 5.00 Å². The maximum atomic E-state index is 12.8. The zero-order valence-corrected chi connectivity index (χ0v) is 23.1. The molecule has 3 N–H and O–H groups in total. The highest BCUT2D eigenvalue weighted by Gasteiger charge is 2.26. The van der Waals surface area contributed by atoms with E-state index in [1.165, 1.54) is 28.4 Å². The molecule has 0 aliphatic carbocycles. The molecular formula is C24H27N5O7S2. The third-order valence-corrected chi connectivity index (χ3v) is 7.49. The van der Waals surface area contributed by atoms with E-state index < -0.39 is 17.8 Å². The van der Waals surface area contributed by atoms with E-state index in [1.807, 2.05) is 0 Å². The third kappa shape index (κ3) is 5.75. The first-order valence-corrected chi connectivity index (χ1v) is 12.8. The number of methoxy groups -OCH3 is 4. The van der Waals surface area contributed by atoms with E-state index in [0.717, 1.165) is 23.1 Å². The van der Waals surface area contributed by atoms with Gasteiger partial charge in [0.05, 0.1) is 44.6 Å². The van der Waals surface area contributed by atoms with Crippen molar-refractivity contribution < 1.29 is 33.3 Å². The highest BCUT2D eigenvalue weighted by Crippen LogP contribution is 2.41. The molecule has 3 aromatic rings. The van der Waals surface area contributed by atoms with Crippen molar-refractivity contribution in [3.8, 4) is 28.6 Å². The van der Waals surface area contributed by atoms with Crippen LogP contribution in [0.3, 0.4) is 0 Å². The van der Waals surface area contributed by atoms with E-state index in [-0.39, 0.29) is 21.2 Å². The fraction of sp³-hybridized carbons (Fsp3) is 0.292. The van der Waals surface area contributed by atoms with Gasteiger partial charge in [0.25, 0.3) is 5.91 Å². The molecule has 0 saturated heterocycles. The monoisotopic (exact) mass is 561 g/mol. The Balaban J connectivity index is 1.87. The summed E-state index contributed by atoms with van der Waals surface area (Å²) >= 11 is 2.05. The largest absolute Gasteiger partial charge is 0.493 e. The highest BCUT2D eigenvalue weighted by molar-refractivity contribution is 7.99. The van der Waals surface area contributed by atoms with Crippen molar-refractivity contribution >= 4 is 45.9 Å². The van der Waals surface area contributed by atoms with Crippen LogP contribution in [0.5, 0.6) is 17.2 Å². The summed E-state index contributed by atoms with van der Waals surface area (Å²) < 4.78 is 22.9. The van der Waals surface area contributed by atoms with E-state index in [4.69, 9.17) is 24.7 Å². The van der Waals surface area contributed by atoms with Crippen molar-refractivity contribution in [2.45, 2.75) is 18.6 Å². The van der Waals surface area contributed by atoms with Crippen LogP contribution < -0.4 is 25.3 Å². The summed E-state index contributed by atoms with van der Waals surface area (Å²) in [4.78, 5) is 37.0. The number of anilines is 1. The van der Waals surface area contributed by atoms with E-state index in [1.54, 1.807) is 29.7 Å². The van der Waals surface area contributed by atoms with E-state index in [9.17, 15) is 14.4 Å². The van der Waals surface area contributed by atoms with Crippen LogP contribution in [0.1, 0.15) is 25.6 Å². The number of esters is 1. The number of nitrogens with one attached hydrogen (secondary N) is 1. The third-order valence-electron chi connectivity index (χ3n) is 5.30. The summed E-state index contributed by atoms with van der Waals surface area (Å²) in [5.74, 6) is -0.0413. The van der Waals surface area contributed by atoms with Gasteiger partial charge in [0.15, 0.2) is 22.5 Å². The topological polar surface area (TPSA) is 157 Å². The summed E-state index contributed by atoms with van der Waals surface area (Å²) in [6.07, 6.45) is 1.68. The molecule has 202 valence electrons. The second-order valence-corrected chi connectivity index (χ2v) is 9.54. The van der Waals surface area contributed by atoms with Gasteiger partial charge in [0, 0.05) is 12.1 Å². The van der Waals surface area contributed by atoms with Crippen LogP contribution in [0.4, 0.5) is 5.00 Å². The van der Waals surface area contributed by atoms with Crippen LogP contribution in [0.25, 0.3) is 11.4 Å². The highest BCUT2D eigenvalue weighted by atomic mass is 32.2. The Morgan fingerprint density at radius 1 is 1.13 bits per heavy atom. The predicted octanol–water partition coefficient (Wildman–Crippen LogP) is 3.14. The molecule has 1 aromatic carbocycles. The SMILES string of the molecule is C=CCn1c(SCC(=O)Nc2sc(C(N)=O)c(C)c2C(=O)OC)nnc1-c1cc(OC)c(OC)c(OC)c1. The van der Waals surface area contributed by atoms with E-state index in [0.29, 0.717) is 45.9 Å². The average molecular weight is 562 g/mol. The van der Waals surface area contributed by atoms with Crippen LogP contribution in [0.2, 0.25) is 0 Å². The minimum atomic E-state index is -0.704. The Hall–Kier alpha value is -4.04. The summed E-state index contributed by atoms with van der Waals surface area (Å²) in [6, 6.07) is 3.49. The number of carbonyl (C=O) groups is 3. The van der Waals surface area contributed by atoms with Crippen LogP contribution in [0.15, 0.2) is 29.9 Å². The number of hydrogen-bond donors (Lipinski definition) is 2. The smallest absolute Gasteiger partial charge is 0.341 e. The normalized spacial score (nSPS) is 10.6. The lowest BCUT2D eigenvalue weighted by atomic mass is 10.1. The number of rotatable bonds is 12. The quantitative estimate of drug-likeness (QED) is 0.191. The number of amides is 2. The van der Waals surface area contributed by atoms with Crippen LogP contribution >= 0.6 is 23.1 Å². The average Bonchev–Trinajstić information content (AvgIpc) is 3.46. The molecular weight excluding hydrogens is 534 g/mol. The Bertz CT molecular complexity index is 1360. The van der Waals surface area contributed by atoms with Crippen molar-refractivity contribution in [2.24, 2.45) is 5.73 Å². The summed E-state index contributed by atoms with van der Waals surface area (Å²) in [7, 11) is 5.76. The number of thiophene rings is 1. The second-order valence-electron chi connectivity index (χ2n) is 7.57. The molecule has 2 aromatic heterocycles. The Morgan fingerprint density at radius 2 is 1.79 bits per heavy atom. The van der Waals surface area contributed by atoms with Gasteiger partial charge < -0.3 is 30.0 Å². The molecule has 0 fully saturated rings. The first-order valence-electron chi connectivity index (χ1n) is 11.0. The number of nitrogens with two attached hydrogens (primary N) is 1. The molecule has 0 unspecified atom stereocenters. The van der Waals surface area contributed by atoms with E-state index in [2.05, 4.69) is 22.1 Å². The lowest BCUT2D eigenvalue weighted by Crippen LogP contribution is -2.16. The van der Waals surface area contributed by atoms with Crippen molar-refractivity contribution in [3.63, 3.8) is 0 Å². The molecule has 14 heteroatoms. The van der Waals surface area contributed by atoms with Gasteiger partial charge in [-0.1, -0.05) is 17.8 Å². The zero-order chi connectivity index (χ0) is 28.0. The first kappa shape index (κ1) is 28.5. The Morgan fingerprint density at radius 3 is 2.32 bits per heavy atom. The fourth-order valence-electron chi connectivity index (χ4n) is 3.59. The van der Waals surface area contributed by atoms with Crippen LogP contribution in [-0.4, -0.2) is 66.7 Å². The number of carbonyl (C=O) groups excluding carboxylic acids is 3. The van der Waals surface area contributed by atoms with Gasteiger partial charge >= 0.3 is 5.97 Å². The van der Waals surface area contributed by atoms with E-state index >= 15 is 0 Å². The van der Waals surface area contributed by atoms with Gasteiger partial charge in [-0.2, -0.15) is 0 Å². The van der Waals surface area contributed by atoms with Gasteiger partial charge in [-0.25, -0.2) is 4.79 Å². The predicted molar refractivity (Wildman–Crippen MR) is 144 cm³/mol. The number of thioether (sulfide) groups is 1. The number of primary amides is 1. The molecule has 0 aliphatic rings. The molecule has 0 aliphatic heterocycles. The number of aromatic nitrogens is 3. The van der Waals surface area contributed by atoms with Gasteiger partial charge in [0.2, 0.25) is 11.7 Å². The molecule has 2 amide bonds. The van der Waals surface area contributed by atoms with Crippen molar-refractivity contribution in [2.75, 3.05) is 39.5 Å². The lowest BCUT2D eigenvalue weighted by molar-refractivity contribution is -0.113. The lowest BCUT2D eigenvalue weighted by Gasteiger charge is -2.14. The molecule has 0 spiro atoms. The number of ether oxygens (including phenoxy) is 4. The zero-order valence-electron chi connectivity index (χ0n) is 21.4. The van der Waals surface area contributed by atoms with Gasteiger partial charge in [-0.15, -0.1) is 28.1 Å². The van der Waals surface area contributed by atoms with Crippen molar-refractivity contribution in [1.29, 1.82) is 0 Å². The summed E-state index contributed by atoms with van der Waals surface area (Å²) in [5, 5.41) is 11.9. The number of nitrogens with zero attached hydrogens (tertiary/aromatic N) is 3. The molecule has 0 saturated carbocycles. The van der Waals surface area contributed by atoms with Gasteiger partial charge in [-0.3, -0.25) is 14.2 Å². The molecule has 2 heterocycles. The van der Waals surface area contributed by atoms with Crippen LogP contribution in [-0.2, 0) is 16.1 Å². The molecule has 38 heavy (non-hydrogen) atoms.